The molecule has 3 aromatic heterocycles. The van der Waals surface area contributed by atoms with Crippen LogP contribution in [0.25, 0.3) is 11.5 Å². The predicted octanol–water partition coefficient (Wildman–Crippen LogP) is 1.91. The molecule has 0 bridgehead atoms. The largest absolute Gasteiger partial charge is 0.310 e. The van der Waals surface area contributed by atoms with Crippen LogP contribution in [-0.4, -0.2) is 35.4 Å². The SMILES string of the molecule is CC(C)n1cnnc1-c1cccc(NC(=O)c2ccn(C)n2)n1. The van der Waals surface area contributed by atoms with Crippen LogP contribution in [-0.2, 0) is 7.05 Å². The van der Waals surface area contributed by atoms with E-state index in [1.54, 1.807) is 36.4 Å². The number of carbonyl (C=O) groups excluding carboxylic acids is 1. The molecule has 118 valence electrons. The van der Waals surface area contributed by atoms with E-state index in [2.05, 4.69) is 25.6 Å². The molecule has 0 aliphatic carbocycles. The summed E-state index contributed by atoms with van der Waals surface area (Å²) < 4.78 is 3.50. The molecule has 23 heavy (non-hydrogen) atoms. The maximum absolute atomic E-state index is 12.1. The molecule has 0 saturated carbocycles. The van der Waals surface area contributed by atoms with Crippen LogP contribution in [0.2, 0.25) is 0 Å². The lowest BCUT2D eigenvalue weighted by atomic mass is 10.3. The first-order chi connectivity index (χ1) is 11.0. The number of carbonyl (C=O) groups is 1. The Bertz CT molecular complexity index is 834. The van der Waals surface area contributed by atoms with Gasteiger partial charge in [-0.15, -0.1) is 10.2 Å². The molecular formula is C15H17N7O. The third-order valence-electron chi connectivity index (χ3n) is 3.30. The lowest BCUT2D eigenvalue weighted by Gasteiger charge is -2.10. The molecule has 0 atom stereocenters. The molecule has 0 aromatic carbocycles. The maximum atomic E-state index is 12.1. The molecule has 1 amide bonds. The number of hydrogen-bond acceptors (Lipinski definition) is 5. The average Bonchev–Trinajstić information content (AvgIpc) is 3.16. The van der Waals surface area contributed by atoms with Crippen molar-refractivity contribution in [3.8, 4) is 11.5 Å². The predicted molar refractivity (Wildman–Crippen MR) is 84.8 cm³/mol. The van der Waals surface area contributed by atoms with Crippen LogP contribution in [0.1, 0.15) is 30.4 Å². The summed E-state index contributed by atoms with van der Waals surface area (Å²) in [6.45, 7) is 4.08. The van der Waals surface area contributed by atoms with Crippen molar-refractivity contribution in [3.63, 3.8) is 0 Å². The van der Waals surface area contributed by atoms with Crippen molar-refractivity contribution < 1.29 is 4.79 Å². The Balaban J connectivity index is 1.85. The van der Waals surface area contributed by atoms with E-state index in [1.165, 1.54) is 0 Å². The van der Waals surface area contributed by atoms with Crippen molar-refractivity contribution in [1.29, 1.82) is 0 Å². The first kappa shape index (κ1) is 14.9. The minimum Gasteiger partial charge on any atom is -0.310 e. The topological polar surface area (TPSA) is 90.5 Å². The first-order valence-electron chi connectivity index (χ1n) is 7.22. The van der Waals surface area contributed by atoms with Gasteiger partial charge in [0.25, 0.3) is 5.91 Å². The summed E-state index contributed by atoms with van der Waals surface area (Å²) in [6, 6.07) is 7.23. The number of anilines is 1. The van der Waals surface area contributed by atoms with Gasteiger partial charge >= 0.3 is 0 Å². The number of nitrogens with zero attached hydrogens (tertiary/aromatic N) is 6. The highest BCUT2D eigenvalue weighted by atomic mass is 16.2. The Morgan fingerprint density at radius 2 is 2.09 bits per heavy atom. The number of rotatable bonds is 4. The summed E-state index contributed by atoms with van der Waals surface area (Å²) in [5, 5.41) is 14.9. The van der Waals surface area contributed by atoms with E-state index in [9.17, 15) is 4.79 Å². The number of amides is 1. The van der Waals surface area contributed by atoms with Gasteiger partial charge in [0, 0.05) is 19.3 Å². The van der Waals surface area contributed by atoms with E-state index >= 15 is 0 Å². The van der Waals surface area contributed by atoms with Gasteiger partial charge in [0.15, 0.2) is 11.5 Å². The molecule has 1 N–H and O–H groups in total. The summed E-state index contributed by atoms with van der Waals surface area (Å²) in [4.78, 5) is 16.6. The Morgan fingerprint density at radius 3 is 2.78 bits per heavy atom. The third kappa shape index (κ3) is 3.10. The van der Waals surface area contributed by atoms with Gasteiger partial charge in [-0.1, -0.05) is 6.07 Å². The summed E-state index contributed by atoms with van der Waals surface area (Å²) >= 11 is 0. The summed E-state index contributed by atoms with van der Waals surface area (Å²) in [7, 11) is 1.76. The zero-order valence-corrected chi connectivity index (χ0v) is 13.1. The van der Waals surface area contributed by atoms with Gasteiger partial charge in [-0.2, -0.15) is 5.10 Å². The fourth-order valence-electron chi connectivity index (χ4n) is 2.15. The second-order valence-electron chi connectivity index (χ2n) is 5.39. The Hall–Kier alpha value is -3.03. The van der Waals surface area contributed by atoms with E-state index in [4.69, 9.17) is 0 Å². The van der Waals surface area contributed by atoms with Crippen molar-refractivity contribution in [1.82, 2.24) is 29.5 Å². The van der Waals surface area contributed by atoms with Crippen LogP contribution in [0.5, 0.6) is 0 Å². The number of aromatic nitrogens is 6. The summed E-state index contributed by atoms with van der Waals surface area (Å²) in [5.74, 6) is 0.797. The molecule has 0 spiro atoms. The number of pyridine rings is 1. The van der Waals surface area contributed by atoms with Gasteiger partial charge in [-0.25, -0.2) is 4.98 Å². The van der Waals surface area contributed by atoms with Crippen molar-refractivity contribution in [3.05, 3.63) is 42.5 Å². The molecular weight excluding hydrogens is 294 g/mol. The highest BCUT2D eigenvalue weighted by Gasteiger charge is 2.13. The van der Waals surface area contributed by atoms with Gasteiger partial charge in [0.05, 0.1) is 0 Å². The molecule has 0 radical (unpaired) electrons. The van der Waals surface area contributed by atoms with E-state index in [0.717, 1.165) is 0 Å². The quantitative estimate of drug-likeness (QED) is 0.794. The van der Waals surface area contributed by atoms with Crippen molar-refractivity contribution in [2.75, 3.05) is 5.32 Å². The van der Waals surface area contributed by atoms with E-state index in [0.29, 0.717) is 23.0 Å². The average molecular weight is 311 g/mol. The smallest absolute Gasteiger partial charge is 0.277 e. The molecule has 3 heterocycles. The minimum atomic E-state index is -0.305. The monoisotopic (exact) mass is 311 g/mol. The first-order valence-corrected chi connectivity index (χ1v) is 7.22. The second-order valence-corrected chi connectivity index (χ2v) is 5.39. The highest BCUT2D eigenvalue weighted by Crippen LogP contribution is 2.19. The molecule has 0 aliphatic rings. The van der Waals surface area contributed by atoms with Crippen molar-refractivity contribution in [2.45, 2.75) is 19.9 Å². The molecule has 0 saturated heterocycles. The molecule has 8 heteroatoms. The number of aryl methyl sites for hydroxylation is 1. The highest BCUT2D eigenvalue weighted by molar-refractivity contribution is 6.02. The Kier molecular flexibility index (Phi) is 3.88. The van der Waals surface area contributed by atoms with Crippen LogP contribution in [0.4, 0.5) is 5.82 Å². The zero-order chi connectivity index (χ0) is 16.4. The maximum Gasteiger partial charge on any atom is 0.277 e. The Labute approximate surface area is 133 Å². The molecule has 8 nitrogen and oxygen atoms in total. The molecule has 3 rings (SSSR count). The zero-order valence-electron chi connectivity index (χ0n) is 13.1. The summed E-state index contributed by atoms with van der Waals surface area (Å²) in [5.41, 5.74) is 0.986. The molecule has 0 unspecified atom stereocenters. The second kappa shape index (κ2) is 5.99. The molecule has 0 fully saturated rings. The van der Waals surface area contributed by atoms with Gasteiger partial charge in [0.2, 0.25) is 0 Å². The lowest BCUT2D eigenvalue weighted by molar-refractivity contribution is 0.102. The van der Waals surface area contributed by atoms with Crippen molar-refractivity contribution in [2.24, 2.45) is 7.05 Å². The fraction of sp³-hybridized carbons (Fsp3) is 0.267. The standard InChI is InChI=1S/C15H17N7O/c1-10(2)22-9-16-19-14(22)11-5-4-6-13(17-11)18-15(23)12-7-8-21(3)20-12/h4-10H,1-3H3,(H,17,18,23). The number of hydrogen-bond donors (Lipinski definition) is 1. The fourth-order valence-corrected chi connectivity index (χ4v) is 2.15. The van der Waals surface area contributed by atoms with Gasteiger partial charge in [0.1, 0.15) is 17.8 Å². The van der Waals surface area contributed by atoms with E-state index < -0.39 is 0 Å². The van der Waals surface area contributed by atoms with Gasteiger partial charge < -0.3 is 9.88 Å². The molecule has 3 aromatic rings. The summed E-state index contributed by atoms with van der Waals surface area (Å²) in [6.07, 6.45) is 3.38. The van der Waals surface area contributed by atoms with Gasteiger partial charge in [-0.3, -0.25) is 9.48 Å². The number of nitrogens with one attached hydrogen (secondary N) is 1. The van der Waals surface area contributed by atoms with Crippen LogP contribution < -0.4 is 5.32 Å². The van der Waals surface area contributed by atoms with Crippen molar-refractivity contribution >= 4 is 11.7 Å². The third-order valence-corrected chi connectivity index (χ3v) is 3.30. The van der Waals surface area contributed by atoms with Crippen LogP contribution in [0, 0.1) is 0 Å². The van der Waals surface area contributed by atoms with Crippen LogP contribution in [0.3, 0.4) is 0 Å². The van der Waals surface area contributed by atoms with E-state index in [1.807, 2.05) is 30.5 Å². The van der Waals surface area contributed by atoms with Gasteiger partial charge in [-0.05, 0) is 32.0 Å². The lowest BCUT2D eigenvalue weighted by Crippen LogP contribution is -2.14. The minimum absolute atomic E-state index is 0.216. The van der Waals surface area contributed by atoms with Crippen LogP contribution >= 0.6 is 0 Å². The Morgan fingerprint density at radius 1 is 1.26 bits per heavy atom. The molecule has 0 aliphatic heterocycles. The van der Waals surface area contributed by atoms with Crippen LogP contribution in [0.15, 0.2) is 36.8 Å². The van der Waals surface area contributed by atoms with E-state index in [-0.39, 0.29) is 11.9 Å². The normalized spacial score (nSPS) is 11.0.